The molecule has 0 saturated carbocycles. The van der Waals surface area contributed by atoms with E-state index >= 15 is 0 Å². The lowest BCUT2D eigenvalue weighted by molar-refractivity contribution is 0.716. The van der Waals surface area contributed by atoms with Crippen LogP contribution in [0.15, 0.2) is 0 Å². The summed E-state index contributed by atoms with van der Waals surface area (Å²) < 4.78 is 0. The zero-order valence-corrected chi connectivity index (χ0v) is 9.83. The first-order chi connectivity index (χ1) is 5.02. The minimum Gasteiger partial charge on any atom is -0.0657 e. The Bertz CT molecular complexity index is 85.5. The fraction of sp³-hybridized carbons (Fsp3) is 1.00. The summed E-state index contributed by atoms with van der Waals surface area (Å²) in [5, 5.41) is 0.622. The molecule has 0 aliphatic rings. The molecule has 1 radical (unpaired) electrons. The fourth-order valence-electron chi connectivity index (χ4n) is 1.48. The van der Waals surface area contributed by atoms with Crippen LogP contribution >= 0.6 is 0 Å². The molecule has 0 spiro atoms. The molecule has 0 aliphatic carbocycles. The van der Waals surface area contributed by atoms with Crippen molar-refractivity contribution in [2.45, 2.75) is 64.6 Å². The van der Waals surface area contributed by atoms with Crippen molar-refractivity contribution in [1.29, 1.82) is 0 Å². The van der Waals surface area contributed by atoms with E-state index in [-0.39, 0.29) is 8.80 Å². The average Bonchev–Trinajstić information content (AvgIpc) is 1.85. The van der Waals surface area contributed by atoms with Gasteiger partial charge in [-0.2, -0.15) is 0 Å². The first-order valence-corrected chi connectivity index (χ1v) is 6.79. The molecule has 0 atom stereocenters. The van der Waals surface area contributed by atoms with Gasteiger partial charge in [-0.25, -0.2) is 0 Å². The van der Waals surface area contributed by atoms with Gasteiger partial charge in [0.25, 0.3) is 0 Å². The highest BCUT2D eigenvalue weighted by Gasteiger charge is 2.24. The Hall–Kier alpha value is 0.217. The van der Waals surface area contributed by atoms with Crippen LogP contribution in [-0.4, -0.2) is 8.80 Å². The molecule has 0 aromatic carbocycles. The van der Waals surface area contributed by atoms with Crippen molar-refractivity contribution >= 4 is 8.80 Å². The van der Waals surface area contributed by atoms with Crippen LogP contribution in [-0.2, 0) is 0 Å². The van der Waals surface area contributed by atoms with Gasteiger partial charge in [-0.1, -0.05) is 59.5 Å². The fourth-order valence-corrected chi connectivity index (χ4v) is 4.44. The lowest BCUT2D eigenvalue weighted by Crippen LogP contribution is -2.24. The molecule has 0 rings (SSSR count). The minimum absolute atomic E-state index is 0.0620. The monoisotopic (exact) mass is 171 g/mol. The van der Waals surface area contributed by atoms with Gasteiger partial charge in [-0.15, -0.1) is 0 Å². The molecule has 0 aliphatic heterocycles. The van der Waals surface area contributed by atoms with Crippen molar-refractivity contribution in [3.8, 4) is 0 Å². The summed E-state index contributed by atoms with van der Waals surface area (Å²) in [6, 6.07) is 3.00. The molecule has 11 heavy (non-hydrogen) atoms. The summed E-state index contributed by atoms with van der Waals surface area (Å²) in [5.74, 6) is 0. The Balaban J connectivity index is 3.88. The maximum atomic E-state index is 2.41. The van der Waals surface area contributed by atoms with E-state index in [0.29, 0.717) is 5.04 Å². The van der Waals surface area contributed by atoms with E-state index in [0.717, 1.165) is 0 Å². The maximum absolute atomic E-state index is 2.41. The zero-order valence-electron chi connectivity index (χ0n) is 8.83. The zero-order chi connectivity index (χ0) is 8.91. The van der Waals surface area contributed by atoms with Gasteiger partial charge in [-0.3, -0.25) is 0 Å². The van der Waals surface area contributed by atoms with Crippen LogP contribution in [0.4, 0.5) is 0 Å². The summed E-state index contributed by atoms with van der Waals surface area (Å²) in [7, 11) is -0.0620. The molecule has 0 bridgehead atoms. The molecule has 0 fully saturated rings. The molecule has 0 N–H and O–H groups in total. The van der Waals surface area contributed by atoms with E-state index in [4.69, 9.17) is 0 Å². The van der Waals surface area contributed by atoms with Crippen molar-refractivity contribution in [2.75, 3.05) is 0 Å². The van der Waals surface area contributed by atoms with Crippen LogP contribution in [0.25, 0.3) is 0 Å². The smallest absolute Gasteiger partial charge is 0.0536 e. The number of hydrogen-bond donors (Lipinski definition) is 0. The average molecular weight is 171 g/mol. The molecule has 0 unspecified atom stereocenters. The molecule has 0 nitrogen and oxygen atoms in total. The predicted molar refractivity (Wildman–Crippen MR) is 55.7 cm³/mol. The Morgan fingerprint density at radius 1 is 0.909 bits per heavy atom. The first kappa shape index (κ1) is 11.2. The molecule has 0 aromatic rings. The third-order valence-electron chi connectivity index (χ3n) is 2.16. The van der Waals surface area contributed by atoms with Crippen molar-refractivity contribution < 1.29 is 0 Å². The van der Waals surface area contributed by atoms with Gasteiger partial charge >= 0.3 is 0 Å². The van der Waals surface area contributed by atoms with Crippen LogP contribution in [0.2, 0.25) is 17.1 Å². The van der Waals surface area contributed by atoms with Gasteiger partial charge in [0.2, 0.25) is 0 Å². The molecule has 0 aromatic heterocycles. The summed E-state index contributed by atoms with van der Waals surface area (Å²) in [6.07, 6.45) is 2.76. The van der Waals surface area contributed by atoms with Crippen molar-refractivity contribution in [3.05, 3.63) is 0 Å². The number of rotatable bonds is 4. The summed E-state index contributed by atoms with van der Waals surface area (Å²) in [6.45, 7) is 11.9. The quantitative estimate of drug-likeness (QED) is 0.559. The highest BCUT2D eigenvalue weighted by molar-refractivity contribution is 6.62. The molecular weight excluding hydrogens is 148 g/mol. The highest BCUT2D eigenvalue weighted by Crippen LogP contribution is 2.32. The van der Waals surface area contributed by atoms with Crippen molar-refractivity contribution in [3.63, 3.8) is 0 Å². The Morgan fingerprint density at radius 3 is 1.45 bits per heavy atom. The van der Waals surface area contributed by atoms with Crippen molar-refractivity contribution in [1.82, 2.24) is 0 Å². The Morgan fingerprint density at radius 2 is 1.27 bits per heavy atom. The van der Waals surface area contributed by atoms with E-state index in [1.54, 1.807) is 0 Å². The molecular formula is C10H23Si. The maximum Gasteiger partial charge on any atom is 0.0536 e. The minimum atomic E-state index is -0.0620. The van der Waals surface area contributed by atoms with E-state index in [2.05, 4.69) is 34.6 Å². The van der Waals surface area contributed by atoms with Crippen LogP contribution in [0.5, 0.6) is 0 Å². The SMILES string of the molecule is CCC[Si](CCC)C(C)(C)C. The van der Waals surface area contributed by atoms with E-state index in [1.807, 2.05) is 0 Å². The Kier molecular flexibility index (Phi) is 5.07. The standard InChI is InChI=1S/C10H23Si/c1-6-8-11(9-7-2)10(3,4)5/h6-9H2,1-5H3. The largest absolute Gasteiger partial charge is 0.0657 e. The normalized spacial score (nSPS) is 12.5. The third kappa shape index (κ3) is 4.62. The first-order valence-electron chi connectivity index (χ1n) is 4.87. The molecule has 1 heteroatoms. The van der Waals surface area contributed by atoms with Gasteiger partial charge in [-0.05, 0) is 5.04 Å². The Labute approximate surface area is 74.0 Å². The van der Waals surface area contributed by atoms with E-state index < -0.39 is 0 Å². The van der Waals surface area contributed by atoms with E-state index in [9.17, 15) is 0 Å². The van der Waals surface area contributed by atoms with Crippen LogP contribution in [0, 0.1) is 0 Å². The third-order valence-corrected chi connectivity index (χ3v) is 6.49. The second kappa shape index (κ2) is 4.97. The molecule has 67 valence electrons. The summed E-state index contributed by atoms with van der Waals surface area (Å²) in [5.41, 5.74) is 0. The lowest BCUT2D eigenvalue weighted by atomic mass is 10.2. The van der Waals surface area contributed by atoms with Gasteiger partial charge in [0.1, 0.15) is 0 Å². The predicted octanol–water partition coefficient (Wildman–Crippen LogP) is 4.10. The number of hydrogen-bond acceptors (Lipinski definition) is 0. The molecule has 0 heterocycles. The highest BCUT2D eigenvalue weighted by atomic mass is 28.3. The van der Waals surface area contributed by atoms with Crippen LogP contribution < -0.4 is 0 Å². The molecule has 0 saturated heterocycles. The summed E-state index contributed by atoms with van der Waals surface area (Å²) in [4.78, 5) is 0. The van der Waals surface area contributed by atoms with Gasteiger partial charge < -0.3 is 0 Å². The second-order valence-corrected chi connectivity index (χ2v) is 8.06. The van der Waals surface area contributed by atoms with E-state index in [1.165, 1.54) is 24.9 Å². The van der Waals surface area contributed by atoms with Crippen molar-refractivity contribution in [2.24, 2.45) is 0 Å². The topological polar surface area (TPSA) is 0 Å². The van der Waals surface area contributed by atoms with Crippen LogP contribution in [0.1, 0.15) is 47.5 Å². The molecule has 0 amide bonds. The van der Waals surface area contributed by atoms with Gasteiger partial charge in [0.15, 0.2) is 0 Å². The lowest BCUT2D eigenvalue weighted by Gasteiger charge is -2.28. The summed E-state index contributed by atoms with van der Waals surface area (Å²) >= 11 is 0. The van der Waals surface area contributed by atoms with Crippen LogP contribution in [0.3, 0.4) is 0 Å². The van der Waals surface area contributed by atoms with Gasteiger partial charge in [0, 0.05) is 0 Å². The van der Waals surface area contributed by atoms with Gasteiger partial charge in [0.05, 0.1) is 8.80 Å². The second-order valence-electron chi connectivity index (χ2n) is 4.35.